The van der Waals surface area contributed by atoms with Gasteiger partial charge in [0.25, 0.3) is 21.9 Å². The van der Waals surface area contributed by atoms with Crippen LogP contribution in [0.15, 0.2) is 60.0 Å². The molecule has 0 bridgehead atoms. The molecule has 200 valence electrons. The molecule has 2 aliphatic rings. The summed E-state index contributed by atoms with van der Waals surface area (Å²) in [6.07, 6.45) is 9.98. The zero-order valence-corrected chi connectivity index (χ0v) is 25.8. The molecule has 0 unspecified atom stereocenters. The number of carbonyl (C=O) groups is 2. The standard InChI is InChI=1S/C26H33N3O6S2.Na/c1-3-5-16-28-24(30)20(25(31)29(26(28)36)17-6-4-2)12-7-10-15-23-27(18-11-19-37(32,33)34)21-13-8-9-14-22(21)35-23;/h7-10,12-15H,3-6,11,16-19H2,1-2H3,(H,32,33,34);/q;+1/b10-7+,23-15-;. The Morgan fingerprint density at radius 2 is 1.45 bits per heavy atom. The summed E-state index contributed by atoms with van der Waals surface area (Å²) in [7, 11) is -4.07. The summed E-state index contributed by atoms with van der Waals surface area (Å²) in [6, 6.07) is 7.33. The number of fused-ring (bicyclic) bond motifs is 1. The maximum absolute atomic E-state index is 13.1. The van der Waals surface area contributed by atoms with Crippen LogP contribution in [0.4, 0.5) is 5.69 Å². The van der Waals surface area contributed by atoms with Crippen molar-refractivity contribution in [3.63, 3.8) is 0 Å². The van der Waals surface area contributed by atoms with Crippen molar-refractivity contribution in [1.82, 2.24) is 9.80 Å². The number of benzene rings is 1. The van der Waals surface area contributed by atoms with Gasteiger partial charge in [0.05, 0.1) is 11.4 Å². The van der Waals surface area contributed by atoms with Gasteiger partial charge in [-0.1, -0.05) is 51.0 Å². The molecule has 9 nitrogen and oxygen atoms in total. The molecule has 2 amide bonds. The van der Waals surface area contributed by atoms with E-state index in [0.717, 1.165) is 31.4 Å². The van der Waals surface area contributed by atoms with Crippen molar-refractivity contribution >= 4 is 45.0 Å². The van der Waals surface area contributed by atoms with E-state index in [0.29, 0.717) is 31.3 Å². The van der Waals surface area contributed by atoms with Gasteiger partial charge in [0, 0.05) is 19.6 Å². The van der Waals surface area contributed by atoms with Gasteiger partial charge >= 0.3 is 29.6 Å². The number of anilines is 1. The Bertz CT molecular complexity index is 1200. The Balaban J connectivity index is 0.00000507. The first-order chi connectivity index (χ1) is 17.7. The molecule has 0 radical (unpaired) electrons. The third-order valence-electron chi connectivity index (χ3n) is 5.92. The van der Waals surface area contributed by atoms with E-state index < -0.39 is 21.9 Å². The van der Waals surface area contributed by atoms with Crippen molar-refractivity contribution in [3.8, 4) is 5.75 Å². The largest absolute Gasteiger partial charge is 1.00 e. The van der Waals surface area contributed by atoms with Crippen molar-refractivity contribution in [2.45, 2.75) is 46.0 Å². The minimum absolute atomic E-state index is 0. The molecular formula is C26H33N3NaO6S2+. The number of thiocarbonyl (C=S) groups is 1. The van der Waals surface area contributed by atoms with Crippen molar-refractivity contribution < 1.29 is 56.9 Å². The second kappa shape index (κ2) is 14.9. The van der Waals surface area contributed by atoms with E-state index in [1.54, 1.807) is 24.3 Å². The maximum Gasteiger partial charge on any atom is 1.00 e. The van der Waals surface area contributed by atoms with Gasteiger partial charge in [0.2, 0.25) is 5.88 Å². The summed E-state index contributed by atoms with van der Waals surface area (Å²) >= 11 is 5.48. The van der Waals surface area contributed by atoms with Crippen molar-refractivity contribution in [2.24, 2.45) is 0 Å². The topological polar surface area (TPSA) is 107 Å². The van der Waals surface area contributed by atoms with E-state index >= 15 is 0 Å². The Labute approximate surface area is 252 Å². The van der Waals surface area contributed by atoms with E-state index in [-0.39, 0.29) is 52.4 Å². The molecule has 12 heteroatoms. The summed E-state index contributed by atoms with van der Waals surface area (Å²) in [6.45, 7) is 5.28. The van der Waals surface area contributed by atoms with Crippen molar-refractivity contribution in [2.75, 3.05) is 30.3 Å². The number of para-hydroxylation sites is 2. The number of hydrogen-bond donors (Lipinski definition) is 1. The molecule has 3 rings (SSSR count). The van der Waals surface area contributed by atoms with Gasteiger partial charge in [-0.15, -0.1) is 0 Å². The number of amides is 2. The van der Waals surface area contributed by atoms with Gasteiger partial charge in [-0.3, -0.25) is 23.9 Å². The van der Waals surface area contributed by atoms with E-state index in [2.05, 4.69) is 0 Å². The van der Waals surface area contributed by atoms with Crippen LogP contribution in [0.3, 0.4) is 0 Å². The van der Waals surface area contributed by atoms with Gasteiger partial charge in [-0.2, -0.15) is 8.42 Å². The third-order valence-corrected chi connectivity index (χ3v) is 7.16. The molecule has 0 saturated carbocycles. The van der Waals surface area contributed by atoms with E-state index in [4.69, 9.17) is 21.5 Å². The van der Waals surface area contributed by atoms with Gasteiger partial charge in [0.1, 0.15) is 5.57 Å². The predicted molar refractivity (Wildman–Crippen MR) is 147 cm³/mol. The fraction of sp³-hybridized carbons (Fsp3) is 0.423. The molecular weight excluding hydrogens is 537 g/mol. The fourth-order valence-electron chi connectivity index (χ4n) is 3.97. The van der Waals surface area contributed by atoms with Crippen LogP contribution in [-0.4, -0.2) is 65.1 Å². The fourth-order valence-corrected chi connectivity index (χ4v) is 4.82. The van der Waals surface area contributed by atoms with E-state index in [1.807, 2.05) is 36.9 Å². The summed E-state index contributed by atoms with van der Waals surface area (Å²) in [5.74, 6) is -0.0788. The first-order valence-corrected chi connectivity index (χ1v) is 14.5. The van der Waals surface area contributed by atoms with Crippen LogP contribution >= 0.6 is 12.2 Å². The number of nitrogens with zero attached hydrogens (tertiary/aromatic N) is 3. The monoisotopic (exact) mass is 570 g/mol. The summed E-state index contributed by atoms with van der Waals surface area (Å²) in [4.78, 5) is 31.0. The minimum atomic E-state index is -4.07. The molecule has 0 atom stereocenters. The zero-order chi connectivity index (χ0) is 27.0. The van der Waals surface area contributed by atoms with Crippen molar-refractivity contribution in [3.05, 3.63) is 60.0 Å². The number of ether oxygens (including phenoxy) is 1. The average Bonchev–Trinajstić information content (AvgIpc) is 3.20. The summed E-state index contributed by atoms with van der Waals surface area (Å²) in [5.41, 5.74) is 0.830. The van der Waals surface area contributed by atoms with Crippen LogP contribution in [0.2, 0.25) is 0 Å². The molecule has 2 aliphatic heterocycles. The average molecular weight is 571 g/mol. The molecule has 1 aromatic carbocycles. The van der Waals surface area contributed by atoms with Crippen LogP contribution < -0.4 is 39.2 Å². The zero-order valence-electron chi connectivity index (χ0n) is 22.1. The Kier molecular flexibility index (Phi) is 12.7. The Hall–Kier alpha value is -2.02. The van der Waals surface area contributed by atoms with Gasteiger partial charge in [-0.05, 0) is 55.8 Å². The molecule has 38 heavy (non-hydrogen) atoms. The van der Waals surface area contributed by atoms with Crippen molar-refractivity contribution in [1.29, 1.82) is 0 Å². The number of hydrogen-bond acceptors (Lipinski definition) is 7. The quantitative estimate of drug-likeness (QED) is 0.131. The third kappa shape index (κ3) is 8.24. The molecule has 1 fully saturated rings. The molecule has 0 aromatic heterocycles. The number of allylic oxidation sites excluding steroid dienone is 4. The van der Waals surface area contributed by atoms with Crippen LogP contribution in [0, 0.1) is 0 Å². The Morgan fingerprint density at radius 1 is 0.895 bits per heavy atom. The number of rotatable bonds is 12. The summed E-state index contributed by atoms with van der Waals surface area (Å²) < 4.78 is 37.2. The second-order valence-electron chi connectivity index (χ2n) is 8.73. The second-order valence-corrected chi connectivity index (χ2v) is 10.7. The van der Waals surface area contributed by atoms with Crippen LogP contribution in [0.1, 0.15) is 46.0 Å². The molecule has 1 N–H and O–H groups in total. The smallest absolute Gasteiger partial charge is 0.439 e. The van der Waals surface area contributed by atoms with Crippen LogP contribution in [0.5, 0.6) is 5.75 Å². The summed E-state index contributed by atoms with van der Waals surface area (Å²) in [5, 5.41) is 0.262. The minimum Gasteiger partial charge on any atom is -0.439 e. The van der Waals surface area contributed by atoms with E-state index in [1.165, 1.54) is 15.9 Å². The molecule has 0 aliphatic carbocycles. The van der Waals surface area contributed by atoms with Gasteiger partial charge in [0.15, 0.2) is 10.9 Å². The first kappa shape index (κ1) is 32.2. The van der Waals surface area contributed by atoms with Gasteiger partial charge in [-0.25, -0.2) is 0 Å². The maximum atomic E-state index is 13.1. The van der Waals surface area contributed by atoms with E-state index in [9.17, 15) is 18.0 Å². The number of unbranched alkanes of at least 4 members (excludes halogenated alkanes) is 2. The molecule has 0 spiro atoms. The van der Waals surface area contributed by atoms with Crippen LogP contribution in [-0.2, 0) is 19.7 Å². The number of carbonyl (C=O) groups excluding carboxylic acids is 2. The van der Waals surface area contributed by atoms with Gasteiger partial charge < -0.3 is 9.64 Å². The molecule has 1 saturated heterocycles. The molecule has 1 aromatic rings. The normalized spacial score (nSPS) is 16.8. The predicted octanol–water partition coefficient (Wildman–Crippen LogP) is 1.05. The Morgan fingerprint density at radius 3 is 2.03 bits per heavy atom. The first-order valence-electron chi connectivity index (χ1n) is 12.4. The van der Waals surface area contributed by atoms with Crippen LogP contribution in [0.25, 0.3) is 0 Å². The molecule has 2 heterocycles. The SMILES string of the molecule is CCCCN1C(=O)C(=C/C=C/C=C2\Oc3ccccc3N2CCCS(=O)(=O)O)C(=O)N(CCCC)C1=S.[Na+].